The van der Waals surface area contributed by atoms with Crippen molar-refractivity contribution in [1.29, 1.82) is 0 Å². The van der Waals surface area contributed by atoms with Gasteiger partial charge in [-0.05, 0) is 24.3 Å². The van der Waals surface area contributed by atoms with E-state index in [1.54, 1.807) is 38.5 Å². The van der Waals surface area contributed by atoms with Gasteiger partial charge in [0.15, 0.2) is 11.5 Å². The Morgan fingerprint density at radius 1 is 0.966 bits per heavy atom. The van der Waals surface area contributed by atoms with Gasteiger partial charge in [0.25, 0.3) is 0 Å². The molecule has 6 nitrogen and oxygen atoms in total. The van der Waals surface area contributed by atoms with Crippen molar-refractivity contribution in [1.82, 2.24) is 4.90 Å². The second-order valence-corrected chi connectivity index (χ2v) is 6.70. The van der Waals surface area contributed by atoms with E-state index in [0.717, 1.165) is 26.2 Å². The smallest absolute Gasteiger partial charge is 0.203 e. The summed E-state index contributed by atoms with van der Waals surface area (Å²) < 4.78 is 30.3. The summed E-state index contributed by atoms with van der Waals surface area (Å²) in [6, 6.07) is 12.2. The summed E-state index contributed by atoms with van der Waals surface area (Å²) in [5, 5.41) is 10.4. The largest absolute Gasteiger partial charge is 1.00 e. The van der Waals surface area contributed by atoms with Crippen LogP contribution in [-0.2, 0) is 0 Å². The first-order valence-corrected chi connectivity index (χ1v) is 9.36. The van der Waals surface area contributed by atoms with Gasteiger partial charge < -0.3 is 36.6 Å². The van der Waals surface area contributed by atoms with Crippen LogP contribution >= 0.6 is 0 Å². The first kappa shape index (κ1) is 23.1. The van der Waals surface area contributed by atoms with E-state index in [9.17, 15) is 9.50 Å². The number of hydrogen-bond acceptors (Lipinski definition) is 6. The Hall–Kier alpha value is -2.22. The van der Waals surface area contributed by atoms with Crippen molar-refractivity contribution in [3.63, 3.8) is 0 Å². The van der Waals surface area contributed by atoms with Crippen molar-refractivity contribution in [2.45, 2.75) is 6.10 Å². The minimum absolute atomic E-state index is 0. The summed E-state index contributed by atoms with van der Waals surface area (Å²) in [6.07, 6.45) is -0.658. The second-order valence-electron chi connectivity index (χ2n) is 6.70. The van der Waals surface area contributed by atoms with Gasteiger partial charge in [0.1, 0.15) is 18.5 Å². The third kappa shape index (κ3) is 5.88. The third-order valence-electron chi connectivity index (χ3n) is 4.84. The van der Waals surface area contributed by atoms with Crippen LogP contribution in [0.4, 0.5) is 10.1 Å². The van der Waals surface area contributed by atoms with Crippen LogP contribution in [0, 0.1) is 5.82 Å². The van der Waals surface area contributed by atoms with Gasteiger partial charge in [0.05, 0.1) is 19.9 Å². The SMILES string of the molecule is COc1cccc(OC)c1OCC(O)CN1CCN(c2ccccc2F)CC1.[Cl-]. The number of nitrogens with zero attached hydrogens (tertiary/aromatic N) is 2. The van der Waals surface area contributed by atoms with Gasteiger partial charge >= 0.3 is 0 Å². The minimum atomic E-state index is -0.658. The lowest BCUT2D eigenvalue weighted by molar-refractivity contribution is -0.00000929. The molecule has 1 atom stereocenters. The minimum Gasteiger partial charge on any atom is -1.00 e. The molecule has 29 heavy (non-hydrogen) atoms. The van der Waals surface area contributed by atoms with Crippen molar-refractivity contribution in [2.75, 3.05) is 58.5 Å². The molecule has 1 saturated heterocycles. The maximum absolute atomic E-state index is 13.9. The van der Waals surface area contributed by atoms with Crippen LogP contribution < -0.4 is 31.5 Å². The number of methoxy groups -OCH3 is 2. The molecule has 8 heteroatoms. The summed E-state index contributed by atoms with van der Waals surface area (Å²) >= 11 is 0. The summed E-state index contributed by atoms with van der Waals surface area (Å²) in [6.45, 7) is 3.56. The zero-order valence-corrected chi connectivity index (χ0v) is 17.4. The van der Waals surface area contributed by atoms with Crippen LogP contribution in [0.25, 0.3) is 0 Å². The van der Waals surface area contributed by atoms with E-state index >= 15 is 0 Å². The Kier molecular flexibility index (Phi) is 8.82. The zero-order chi connectivity index (χ0) is 19.9. The fraction of sp³-hybridized carbons (Fsp3) is 0.429. The molecule has 0 aromatic heterocycles. The summed E-state index contributed by atoms with van der Waals surface area (Å²) in [5.41, 5.74) is 0.634. The standard InChI is InChI=1S/C21H27FN2O4.ClH/c1-26-19-8-5-9-20(27-2)21(19)28-15-16(25)14-23-10-12-24(13-11-23)18-7-4-3-6-17(18)22;/h3-9,16,25H,10-15H2,1-2H3;1H/p-1. The maximum Gasteiger partial charge on any atom is 0.203 e. The summed E-state index contributed by atoms with van der Waals surface area (Å²) in [4.78, 5) is 4.19. The molecule has 0 aliphatic carbocycles. The summed E-state index contributed by atoms with van der Waals surface area (Å²) in [5.74, 6) is 1.40. The molecule has 1 N–H and O–H groups in total. The van der Waals surface area contributed by atoms with Crippen LogP contribution in [0.5, 0.6) is 17.2 Å². The van der Waals surface area contributed by atoms with Gasteiger partial charge in [-0.15, -0.1) is 0 Å². The molecule has 1 aliphatic heterocycles. The number of aliphatic hydroxyl groups excluding tert-OH is 1. The van der Waals surface area contributed by atoms with Crippen LogP contribution in [0.15, 0.2) is 42.5 Å². The van der Waals surface area contributed by atoms with E-state index in [4.69, 9.17) is 14.2 Å². The number of anilines is 1. The average Bonchev–Trinajstić information content (AvgIpc) is 2.73. The number of benzene rings is 2. The number of halogens is 2. The molecule has 1 aliphatic rings. The Morgan fingerprint density at radius 2 is 1.59 bits per heavy atom. The highest BCUT2D eigenvalue weighted by Gasteiger charge is 2.22. The molecule has 0 spiro atoms. The highest BCUT2D eigenvalue weighted by atomic mass is 35.5. The van der Waals surface area contributed by atoms with Crippen LogP contribution in [0.3, 0.4) is 0 Å². The molecule has 3 rings (SSSR count). The van der Waals surface area contributed by atoms with E-state index in [2.05, 4.69) is 4.90 Å². The molecule has 160 valence electrons. The first-order valence-electron chi connectivity index (χ1n) is 9.36. The molecule has 0 amide bonds. The molecular weight excluding hydrogens is 399 g/mol. The monoisotopic (exact) mass is 425 g/mol. The van der Waals surface area contributed by atoms with Crippen LogP contribution in [0.2, 0.25) is 0 Å². The van der Waals surface area contributed by atoms with Gasteiger partial charge in [-0.2, -0.15) is 0 Å². The van der Waals surface area contributed by atoms with E-state index in [0.29, 0.717) is 29.5 Å². The maximum atomic E-state index is 13.9. The zero-order valence-electron chi connectivity index (χ0n) is 16.7. The van der Waals surface area contributed by atoms with Gasteiger partial charge in [-0.25, -0.2) is 4.39 Å². The molecule has 2 aromatic rings. The molecule has 1 heterocycles. The molecule has 0 saturated carbocycles. The normalized spacial score (nSPS) is 15.4. The van der Waals surface area contributed by atoms with Crippen molar-refractivity contribution in [3.05, 3.63) is 48.3 Å². The highest BCUT2D eigenvalue weighted by Crippen LogP contribution is 2.36. The summed E-state index contributed by atoms with van der Waals surface area (Å²) in [7, 11) is 3.13. The van der Waals surface area contributed by atoms with Crippen molar-refractivity contribution >= 4 is 5.69 Å². The van der Waals surface area contributed by atoms with Gasteiger partial charge in [-0.3, -0.25) is 4.90 Å². The average molecular weight is 426 g/mol. The number of para-hydroxylation sites is 2. The quantitative estimate of drug-likeness (QED) is 0.610. The first-order chi connectivity index (χ1) is 13.6. The number of piperazine rings is 1. The van der Waals surface area contributed by atoms with Crippen LogP contribution in [0.1, 0.15) is 0 Å². The number of β-amino-alcohol motifs (C(OH)–C–C–N with tert-alkyl or cyclic N) is 1. The highest BCUT2D eigenvalue weighted by molar-refractivity contribution is 5.51. The Bertz CT molecular complexity index is 750. The molecular formula is C21H27ClFN2O4-. The number of ether oxygens (including phenoxy) is 3. The second kappa shape index (κ2) is 11.1. The Morgan fingerprint density at radius 3 is 2.17 bits per heavy atom. The number of rotatable bonds is 8. The van der Waals surface area contributed by atoms with Gasteiger partial charge in [-0.1, -0.05) is 18.2 Å². The third-order valence-corrected chi connectivity index (χ3v) is 4.84. The Balaban J connectivity index is 0.00000300. The molecule has 0 radical (unpaired) electrons. The number of aliphatic hydroxyl groups is 1. The molecule has 1 unspecified atom stereocenters. The fourth-order valence-corrected chi connectivity index (χ4v) is 3.37. The van der Waals surface area contributed by atoms with E-state index in [1.807, 2.05) is 17.0 Å². The molecule has 2 aromatic carbocycles. The van der Waals surface area contributed by atoms with E-state index < -0.39 is 6.10 Å². The van der Waals surface area contributed by atoms with Crippen molar-refractivity contribution < 1.29 is 36.1 Å². The lowest BCUT2D eigenvalue weighted by Gasteiger charge is -2.37. The predicted octanol–water partition coefficient (Wildman–Crippen LogP) is -0.591. The van der Waals surface area contributed by atoms with E-state index in [-0.39, 0.29) is 24.8 Å². The lowest BCUT2D eigenvalue weighted by atomic mass is 10.2. The molecule has 1 fully saturated rings. The topological polar surface area (TPSA) is 54.4 Å². The molecule has 0 bridgehead atoms. The van der Waals surface area contributed by atoms with Gasteiger partial charge in [0.2, 0.25) is 5.75 Å². The van der Waals surface area contributed by atoms with E-state index in [1.165, 1.54) is 6.07 Å². The Labute approximate surface area is 177 Å². The van der Waals surface area contributed by atoms with Crippen LogP contribution in [-0.4, -0.2) is 69.7 Å². The fourth-order valence-electron chi connectivity index (χ4n) is 3.37. The van der Waals surface area contributed by atoms with Crippen molar-refractivity contribution in [2.24, 2.45) is 0 Å². The van der Waals surface area contributed by atoms with Crippen molar-refractivity contribution in [3.8, 4) is 17.2 Å². The van der Waals surface area contributed by atoms with Gasteiger partial charge in [0, 0.05) is 32.7 Å². The predicted molar refractivity (Wildman–Crippen MR) is 106 cm³/mol. The number of hydrogen-bond donors (Lipinski definition) is 1. The lowest BCUT2D eigenvalue weighted by Crippen LogP contribution is -3.00.